The number of rotatable bonds is 2. The number of H-pyrrole nitrogens is 1. The van der Waals surface area contributed by atoms with Crippen molar-refractivity contribution < 1.29 is 13.9 Å². The lowest BCUT2D eigenvalue weighted by molar-refractivity contribution is 0.141. The van der Waals surface area contributed by atoms with Crippen molar-refractivity contribution in [3.63, 3.8) is 0 Å². The second-order valence-electron chi connectivity index (χ2n) is 2.56. The number of hydrogen-bond acceptors (Lipinski definition) is 3. The van der Waals surface area contributed by atoms with E-state index in [1.54, 1.807) is 6.07 Å². The van der Waals surface area contributed by atoms with Gasteiger partial charge < -0.3 is 10.1 Å². The number of hydrogen-bond donors (Lipinski definition) is 2. The van der Waals surface area contributed by atoms with Crippen LogP contribution in [0.5, 0.6) is 5.75 Å². The summed E-state index contributed by atoms with van der Waals surface area (Å²) in [6.45, 7) is 0. The van der Waals surface area contributed by atoms with Crippen LogP contribution in [0.25, 0.3) is 0 Å². The molecule has 0 aliphatic rings. The van der Waals surface area contributed by atoms with Crippen molar-refractivity contribution in [1.29, 1.82) is 5.26 Å². The quantitative estimate of drug-likeness (QED) is 0.749. The summed E-state index contributed by atoms with van der Waals surface area (Å²) in [5, 5.41) is 17.5. The topological polar surface area (TPSA) is 76.9 Å². The summed E-state index contributed by atoms with van der Waals surface area (Å²) in [6, 6.07) is 2.58. The van der Waals surface area contributed by atoms with Crippen LogP contribution in [0.2, 0.25) is 0 Å². The van der Waals surface area contributed by atoms with Crippen LogP contribution in [0, 0.1) is 11.3 Å². The van der Waals surface area contributed by atoms with E-state index < -0.39 is 23.4 Å². The highest BCUT2D eigenvalue weighted by Gasteiger charge is 2.17. The molecule has 0 radical (unpaired) electrons. The number of nitriles is 1. The summed E-state index contributed by atoms with van der Waals surface area (Å²) in [7, 11) is 0. The van der Waals surface area contributed by atoms with Crippen LogP contribution in [0.3, 0.4) is 0 Å². The van der Waals surface area contributed by atoms with Crippen molar-refractivity contribution in [2.45, 2.75) is 12.8 Å². The Morgan fingerprint density at radius 1 is 1.64 bits per heavy atom. The van der Waals surface area contributed by atoms with Crippen LogP contribution in [0.15, 0.2) is 10.9 Å². The second kappa shape index (κ2) is 3.87. The van der Waals surface area contributed by atoms with Gasteiger partial charge in [-0.15, -0.1) is 0 Å². The average Bonchev–Trinajstić information content (AvgIpc) is 2.10. The molecule has 0 aliphatic heterocycles. The van der Waals surface area contributed by atoms with Gasteiger partial charge >= 0.3 is 0 Å². The van der Waals surface area contributed by atoms with Crippen LogP contribution in [0.1, 0.15) is 17.7 Å². The van der Waals surface area contributed by atoms with Gasteiger partial charge in [0.1, 0.15) is 11.4 Å². The lowest BCUT2D eigenvalue weighted by atomic mass is 10.1. The number of nitrogens with one attached hydrogen (secondary N) is 1. The molecular formula is C8H6F2N2O2. The van der Waals surface area contributed by atoms with Crippen molar-refractivity contribution in [1.82, 2.24) is 4.98 Å². The molecule has 14 heavy (non-hydrogen) atoms. The Hall–Kier alpha value is -1.90. The molecule has 0 amide bonds. The first kappa shape index (κ1) is 10.2. The zero-order valence-corrected chi connectivity index (χ0v) is 6.92. The fourth-order valence-electron chi connectivity index (χ4n) is 1.01. The van der Waals surface area contributed by atoms with Gasteiger partial charge in [-0.25, -0.2) is 8.78 Å². The molecule has 0 fully saturated rings. The fraction of sp³-hybridized carbons (Fsp3) is 0.250. The van der Waals surface area contributed by atoms with Gasteiger partial charge in [-0.05, 0) is 0 Å². The molecule has 1 aromatic heterocycles. The van der Waals surface area contributed by atoms with Crippen LogP contribution in [0.4, 0.5) is 8.78 Å². The van der Waals surface area contributed by atoms with Crippen molar-refractivity contribution in [3.8, 4) is 11.8 Å². The molecule has 4 nitrogen and oxygen atoms in total. The number of alkyl halides is 2. The number of nitrogens with zero attached hydrogens (tertiary/aromatic N) is 1. The smallest absolute Gasteiger partial charge is 0.282 e. The predicted octanol–water partition coefficient (Wildman–Crippen LogP) is 1.08. The van der Waals surface area contributed by atoms with Gasteiger partial charge in [-0.1, -0.05) is 0 Å². The highest BCUT2D eigenvalue weighted by molar-refractivity contribution is 5.37. The van der Waals surface area contributed by atoms with E-state index in [1.165, 1.54) is 0 Å². The molecule has 0 aromatic carbocycles. The maximum absolute atomic E-state index is 12.2. The first-order valence-electron chi connectivity index (χ1n) is 3.66. The molecule has 0 bridgehead atoms. The number of aromatic nitrogens is 1. The van der Waals surface area contributed by atoms with E-state index in [9.17, 15) is 18.7 Å². The minimum atomic E-state index is -2.97. The zero-order chi connectivity index (χ0) is 10.7. The Kier molecular flexibility index (Phi) is 2.82. The van der Waals surface area contributed by atoms with Crippen LogP contribution >= 0.6 is 0 Å². The largest absolute Gasteiger partial charge is 0.506 e. The van der Waals surface area contributed by atoms with E-state index in [4.69, 9.17) is 5.26 Å². The van der Waals surface area contributed by atoms with E-state index in [0.29, 0.717) is 0 Å². The Balaban J connectivity index is 3.34. The number of aromatic hydroxyl groups is 1. The predicted molar refractivity (Wildman–Crippen MR) is 43.0 cm³/mol. The standard InChI is InChI=1S/C8H6F2N2O2/c9-8(10)6-7(14)4(1-2-11)3-5(13)12-6/h3,8,14H,1H2,(H,12,13). The maximum Gasteiger partial charge on any atom is 0.282 e. The van der Waals surface area contributed by atoms with Gasteiger partial charge in [0.15, 0.2) is 0 Å². The van der Waals surface area contributed by atoms with Crippen LogP contribution in [-0.2, 0) is 6.42 Å². The first-order chi connectivity index (χ1) is 6.56. The lowest BCUT2D eigenvalue weighted by Crippen LogP contribution is -2.10. The highest BCUT2D eigenvalue weighted by Crippen LogP contribution is 2.27. The molecular weight excluding hydrogens is 194 g/mol. The minimum absolute atomic E-state index is 0.0912. The third-order valence-corrected chi connectivity index (χ3v) is 1.61. The fourth-order valence-corrected chi connectivity index (χ4v) is 1.01. The number of pyridine rings is 1. The Bertz CT molecular complexity index is 434. The molecule has 0 spiro atoms. The van der Waals surface area contributed by atoms with E-state index >= 15 is 0 Å². The number of aromatic amines is 1. The van der Waals surface area contributed by atoms with Crippen LogP contribution < -0.4 is 5.56 Å². The summed E-state index contributed by atoms with van der Waals surface area (Å²) >= 11 is 0. The Labute approximate surface area is 77.4 Å². The summed E-state index contributed by atoms with van der Waals surface area (Å²) in [5.74, 6) is -0.721. The molecule has 1 rings (SSSR count). The van der Waals surface area contributed by atoms with Gasteiger partial charge in [-0.3, -0.25) is 4.79 Å². The zero-order valence-electron chi connectivity index (χ0n) is 6.92. The van der Waals surface area contributed by atoms with E-state index in [1.807, 2.05) is 4.98 Å². The molecule has 74 valence electrons. The molecule has 0 saturated carbocycles. The van der Waals surface area contributed by atoms with E-state index in [0.717, 1.165) is 6.07 Å². The maximum atomic E-state index is 12.2. The molecule has 0 unspecified atom stereocenters. The van der Waals surface area contributed by atoms with Gasteiger partial charge in [0, 0.05) is 11.6 Å². The average molecular weight is 200 g/mol. The van der Waals surface area contributed by atoms with Crippen molar-refractivity contribution in [2.75, 3.05) is 0 Å². The molecule has 0 atom stereocenters. The summed E-state index contributed by atoms with van der Waals surface area (Å²) < 4.78 is 24.4. The normalized spacial score (nSPS) is 10.1. The minimum Gasteiger partial charge on any atom is -0.506 e. The monoisotopic (exact) mass is 200 g/mol. The van der Waals surface area contributed by atoms with Gasteiger partial charge in [-0.2, -0.15) is 5.26 Å². The molecule has 1 aromatic rings. The van der Waals surface area contributed by atoms with Crippen molar-refractivity contribution in [2.24, 2.45) is 0 Å². The molecule has 1 heterocycles. The molecule has 0 aliphatic carbocycles. The highest BCUT2D eigenvalue weighted by atomic mass is 19.3. The summed E-state index contributed by atoms with van der Waals surface area (Å²) in [4.78, 5) is 12.6. The Morgan fingerprint density at radius 3 is 2.79 bits per heavy atom. The Morgan fingerprint density at radius 2 is 2.29 bits per heavy atom. The van der Waals surface area contributed by atoms with Crippen molar-refractivity contribution >= 4 is 0 Å². The summed E-state index contributed by atoms with van der Waals surface area (Å²) in [6.07, 6.45) is -3.25. The lowest BCUT2D eigenvalue weighted by Gasteiger charge is -2.05. The third kappa shape index (κ3) is 1.88. The first-order valence-corrected chi connectivity index (χ1v) is 3.66. The third-order valence-electron chi connectivity index (χ3n) is 1.61. The van der Waals surface area contributed by atoms with E-state index in [2.05, 4.69) is 0 Å². The van der Waals surface area contributed by atoms with Crippen molar-refractivity contribution in [3.05, 3.63) is 27.7 Å². The molecule has 2 N–H and O–H groups in total. The SMILES string of the molecule is N#CCc1cc(=O)[nH]c(C(F)F)c1O. The van der Waals surface area contributed by atoms with Gasteiger partial charge in [0.2, 0.25) is 5.56 Å². The molecule has 6 heteroatoms. The number of halogens is 2. The van der Waals surface area contributed by atoms with E-state index in [-0.39, 0.29) is 12.0 Å². The molecule has 0 saturated heterocycles. The van der Waals surface area contributed by atoms with Gasteiger partial charge in [0.25, 0.3) is 6.43 Å². The second-order valence-corrected chi connectivity index (χ2v) is 2.56. The summed E-state index contributed by atoms with van der Waals surface area (Å²) in [5.41, 5.74) is -1.70. The van der Waals surface area contributed by atoms with Gasteiger partial charge in [0.05, 0.1) is 12.5 Å². The van der Waals surface area contributed by atoms with Crippen LogP contribution in [-0.4, -0.2) is 10.1 Å².